The predicted molar refractivity (Wildman–Crippen MR) is 65.7 cm³/mol. The smallest absolute Gasteiger partial charge is 0.234 e. The van der Waals surface area contributed by atoms with E-state index in [0.717, 1.165) is 6.29 Å². The largest absolute Gasteiger partial charge is 0.298 e. The lowest BCUT2D eigenvalue weighted by Crippen LogP contribution is -2.39. The zero-order valence-corrected chi connectivity index (χ0v) is 10.00. The van der Waals surface area contributed by atoms with Gasteiger partial charge in [-0.3, -0.25) is 19.7 Å². The molecular weight excluding hydrogens is 246 g/mol. The van der Waals surface area contributed by atoms with Gasteiger partial charge in [-0.05, 0) is 24.1 Å². The Balaban J connectivity index is 2.07. The number of carbonyl (C=O) groups excluding carboxylic acids is 3. The summed E-state index contributed by atoms with van der Waals surface area (Å²) in [6.45, 7) is 0. The molecule has 3 heterocycles. The average molecular weight is 257 g/mol. The van der Waals surface area contributed by atoms with Crippen molar-refractivity contribution in [2.45, 2.75) is 18.8 Å². The van der Waals surface area contributed by atoms with Gasteiger partial charge in [0.1, 0.15) is 0 Å². The molecule has 0 bridgehead atoms. The highest BCUT2D eigenvalue weighted by atomic mass is 16.2. The highest BCUT2D eigenvalue weighted by Crippen LogP contribution is 2.26. The summed E-state index contributed by atoms with van der Waals surface area (Å²) in [5, 5.41) is 6.39. The Morgan fingerprint density at radius 1 is 1.42 bits per heavy atom. The lowest BCUT2D eigenvalue weighted by molar-refractivity contribution is -0.134. The molecule has 0 radical (unpaired) electrons. The third kappa shape index (κ3) is 1.91. The van der Waals surface area contributed by atoms with Gasteiger partial charge in [0.15, 0.2) is 6.29 Å². The fraction of sp³-hybridized carbons (Fsp3) is 0.231. The zero-order chi connectivity index (χ0) is 13.4. The van der Waals surface area contributed by atoms with E-state index >= 15 is 0 Å². The number of imide groups is 1. The van der Waals surface area contributed by atoms with Crippen LogP contribution in [0.4, 0.5) is 0 Å². The molecule has 0 saturated carbocycles. The number of hydrogen-bond donors (Lipinski definition) is 1. The lowest BCUT2D eigenvalue weighted by atomic mass is 9.91. The van der Waals surface area contributed by atoms with Gasteiger partial charge in [0.2, 0.25) is 11.8 Å². The molecule has 2 aromatic rings. The fourth-order valence-corrected chi connectivity index (χ4v) is 2.37. The Morgan fingerprint density at radius 3 is 3.00 bits per heavy atom. The molecule has 2 amide bonds. The minimum atomic E-state index is -0.412. The van der Waals surface area contributed by atoms with Crippen LogP contribution in [0.2, 0.25) is 0 Å². The molecule has 0 aromatic carbocycles. The third-order valence-corrected chi connectivity index (χ3v) is 3.33. The summed E-state index contributed by atoms with van der Waals surface area (Å²) < 4.78 is 1.57. The van der Waals surface area contributed by atoms with E-state index in [1.165, 1.54) is 0 Å². The quantitative estimate of drug-likeness (QED) is 0.633. The lowest BCUT2D eigenvalue weighted by Gasteiger charge is -2.21. The minimum Gasteiger partial charge on any atom is -0.298 e. The van der Waals surface area contributed by atoms with E-state index in [-0.39, 0.29) is 11.8 Å². The van der Waals surface area contributed by atoms with E-state index in [1.54, 1.807) is 29.0 Å². The maximum absolute atomic E-state index is 11.8. The molecule has 0 aliphatic carbocycles. The topological polar surface area (TPSA) is 80.5 Å². The number of piperidine rings is 1. The number of aromatic nitrogens is 2. The molecule has 1 aliphatic rings. The van der Waals surface area contributed by atoms with Crippen LogP contribution >= 0.6 is 0 Å². The van der Waals surface area contributed by atoms with Crippen molar-refractivity contribution in [1.29, 1.82) is 0 Å². The first-order chi connectivity index (χ1) is 9.19. The highest BCUT2D eigenvalue weighted by Gasteiger charge is 2.28. The van der Waals surface area contributed by atoms with Gasteiger partial charge in [-0.25, -0.2) is 4.52 Å². The highest BCUT2D eigenvalue weighted by molar-refractivity contribution is 6.01. The molecule has 1 unspecified atom stereocenters. The summed E-state index contributed by atoms with van der Waals surface area (Å²) in [7, 11) is 0. The van der Waals surface area contributed by atoms with Gasteiger partial charge in [-0.15, -0.1) is 0 Å². The molecule has 1 atom stereocenters. The summed E-state index contributed by atoms with van der Waals surface area (Å²) in [4.78, 5) is 34.1. The molecule has 1 saturated heterocycles. The zero-order valence-electron chi connectivity index (χ0n) is 10.00. The molecule has 96 valence electrons. The van der Waals surface area contributed by atoms with Crippen molar-refractivity contribution in [3.8, 4) is 0 Å². The number of rotatable bonds is 2. The Morgan fingerprint density at radius 2 is 2.26 bits per heavy atom. The Bertz CT molecular complexity index is 689. The number of hydrogen-bond acceptors (Lipinski definition) is 4. The first-order valence-electron chi connectivity index (χ1n) is 5.95. The molecule has 0 spiro atoms. The summed E-state index contributed by atoms with van der Waals surface area (Å²) in [5.41, 5.74) is 1.88. The van der Waals surface area contributed by atoms with E-state index in [9.17, 15) is 14.4 Å². The van der Waals surface area contributed by atoms with Crippen LogP contribution in [-0.4, -0.2) is 27.7 Å². The van der Waals surface area contributed by atoms with E-state index in [1.807, 2.05) is 0 Å². The molecule has 6 nitrogen and oxygen atoms in total. The van der Waals surface area contributed by atoms with Crippen molar-refractivity contribution in [2.24, 2.45) is 0 Å². The van der Waals surface area contributed by atoms with Crippen molar-refractivity contribution in [3.63, 3.8) is 0 Å². The van der Waals surface area contributed by atoms with E-state index in [0.29, 0.717) is 29.5 Å². The van der Waals surface area contributed by atoms with Crippen molar-refractivity contribution in [3.05, 3.63) is 35.7 Å². The van der Waals surface area contributed by atoms with Crippen LogP contribution in [0.15, 0.2) is 24.5 Å². The first-order valence-corrected chi connectivity index (χ1v) is 5.95. The van der Waals surface area contributed by atoms with Crippen LogP contribution in [0.5, 0.6) is 0 Å². The van der Waals surface area contributed by atoms with Crippen LogP contribution in [0.3, 0.4) is 0 Å². The van der Waals surface area contributed by atoms with Crippen LogP contribution in [0.25, 0.3) is 5.52 Å². The van der Waals surface area contributed by atoms with Crippen LogP contribution in [0.1, 0.15) is 34.7 Å². The monoisotopic (exact) mass is 257 g/mol. The maximum Gasteiger partial charge on any atom is 0.234 e. The van der Waals surface area contributed by atoms with Crippen LogP contribution in [-0.2, 0) is 9.59 Å². The third-order valence-electron chi connectivity index (χ3n) is 3.33. The second-order valence-electron chi connectivity index (χ2n) is 4.51. The van der Waals surface area contributed by atoms with Gasteiger partial charge < -0.3 is 0 Å². The van der Waals surface area contributed by atoms with E-state index < -0.39 is 5.92 Å². The number of carbonyl (C=O) groups is 3. The van der Waals surface area contributed by atoms with Crippen molar-refractivity contribution in [2.75, 3.05) is 0 Å². The fourth-order valence-electron chi connectivity index (χ4n) is 2.37. The second-order valence-corrected chi connectivity index (χ2v) is 4.51. The van der Waals surface area contributed by atoms with Crippen LogP contribution < -0.4 is 5.32 Å². The number of pyridine rings is 1. The molecule has 1 fully saturated rings. The normalized spacial score (nSPS) is 19.5. The predicted octanol–water partition coefficient (Wildman–Crippen LogP) is 0.667. The molecule has 19 heavy (non-hydrogen) atoms. The Hall–Kier alpha value is -2.50. The van der Waals surface area contributed by atoms with E-state index in [2.05, 4.69) is 10.4 Å². The molecule has 2 aromatic heterocycles. The number of fused-ring (bicyclic) bond motifs is 1. The van der Waals surface area contributed by atoms with Crippen LogP contribution in [0, 0.1) is 0 Å². The molecule has 1 aliphatic heterocycles. The maximum atomic E-state index is 11.8. The van der Waals surface area contributed by atoms with Crippen molar-refractivity contribution in [1.82, 2.24) is 14.9 Å². The van der Waals surface area contributed by atoms with Crippen molar-refractivity contribution >= 4 is 23.6 Å². The number of nitrogens with zero attached hydrogens (tertiary/aromatic N) is 2. The van der Waals surface area contributed by atoms with Gasteiger partial charge in [0.05, 0.1) is 17.6 Å². The van der Waals surface area contributed by atoms with Gasteiger partial charge in [-0.2, -0.15) is 5.10 Å². The Labute approximate surface area is 108 Å². The summed E-state index contributed by atoms with van der Waals surface area (Å²) in [6.07, 6.45) is 4.82. The average Bonchev–Trinajstić information content (AvgIpc) is 2.85. The van der Waals surface area contributed by atoms with Gasteiger partial charge in [-0.1, -0.05) is 0 Å². The minimum absolute atomic E-state index is 0.253. The summed E-state index contributed by atoms with van der Waals surface area (Å²) in [6, 6.07) is 3.42. The molecule has 1 N–H and O–H groups in total. The van der Waals surface area contributed by atoms with Gasteiger partial charge in [0, 0.05) is 18.2 Å². The number of aldehydes is 1. The van der Waals surface area contributed by atoms with E-state index in [4.69, 9.17) is 0 Å². The molecule has 6 heteroatoms. The standard InChI is InChI=1S/C13H11N3O3/c17-7-9-5-8(6-16-11(9)3-4-14-16)10-1-2-12(18)15-13(10)19/h3-7,10H,1-2H2,(H,15,18,19). The first kappa shape index (κ1) is 11.6. The molecular formula is C13H11N3O3. The summed E-state index contributed by atoms with van der Waals surface area (Å²) in [5.74, 6) is -0.985. The number of amides is 2. The SMILES string of the molecule is O=Cc1cc(C2CCC(=O)NC2=O)cn2nccc12. The van der Waals surface area contributed by atoms with Gasteiger partial charge in [0.25, 0.3) is 0 Å². The second kappa shape index (κ2) is 4.31. The Kier molecular flexibility index (Phi) is 2.63. The summed E-state index contributed by atoms with van der Waals surface area (Å²) >= 11 is 0. The van der Waals surface area contributed by atoms with Crippen molar-refractivity contribution < 1.29 is 14.4 Å². The number of nitrogens with one attached hydrogen (secondary N) is 1. The van der Waals surface area contributed by atoms with Gasteiger partial charge >= 0.3 is 0 Å². The molecule has 3 rings (SSSR count).